The number of carbonyl (C=O) groups excluding carboxylic acids is 1. The Bertz CT molecular complexity index is 450. The van der Waals surface area contributed by atoms with E-state index in [-0.39, 0.29) is 17.2 Å². The van der Waals surface area contributed by atoms with Crippen LogP contribution in [0.5, 0.6) is 0 Å². The molecule has 0 amide bonds. The Balaban J connectivity index is 2.37. The van der Waals surface area contributed by atoms with Crippen molar-refractivity contribution in [3.05, 3.63) is 17.6 Å². The Morgan fingerprint density at radius 1 is 1.65 bits per heavy atom. The van der Waals surface area contributed by atoms with E-state index in [2.05, 4.69) is 20.6 Å². The highest BCUT2D eigenvalue weighted by Gasteiger charge is 2.26. The number of aromatic nitrogens is 2. The smallest absolute Gasteiger partial charge is 0.210 e. The van der Waals surface area contributed by atoms with Crippen LogP contribution in [-0.2, 0) is 0 Å². The lowest BCUT2D eigenvalue weighted by Gasteiger charge is -2.27. The van der Waals surface area contributed by atoms with Crippen LogP contribution in [0.1, 0.15) is 29.3 Å². The number of nitrogens with two attached hydrogens (primary N) is 1. The van der Waals surface area contributed by atoms with Gasteiger partial charge in [0.2, 0.25) is 5.78 Å². The molecule has 2 rings (SSSR count). The summed E-state index contributed by atoms with van der Waals surface area (Å²) in [6, 6.07) is 0. The molecule has 0 aromatic carbocycles. The number of anilines is 1. The number of fused-ring (bicyclic) bond motifs is 1. The molecule has 92 valence electrons. The lowest BCUT2D eigenvalue weighted by atomic mass is 10.2. The Labute approximate surface area is 96.9 Å². The van der Waals surface area contributed by atoms with E-state index in [0.717, 1.165) is 0 Å². The van der Waals surface area contributed by atoms with Crippen LogP contribution < -0.4 is 16.4 Å². The van der Waals surface area contributed by atoms with Crippen LogP contribution in [0.3, 0.4) is 0 Å². The van der Waals surface area contributed by atoms with Crippen LogP contribution in [0, 0.1) is 0 Å². The predicted octanol–water partition coefficient (Wildman–Crippen LogP) is -1.71. The summed E-state index contributed by atoms with van der Waals surface area (Å²) in [5, 5.41) is 24.1. The third-order valence-corrected chi connectivity index (χ3v) is 2.32. The van der Waals surface area contributed by atoms with E-state index >= 15 is 0 Å². The molecule has 3 unspecified atom stereocenters. The number of nitrogens with zero attached hydrogens (tertiary/aromatic N) is 2. The fourth-order valence-corrected chi connectivity index (χ4v) is 1.48. The number of carbonyl (C=O) groups is 1. The van der Waals surface area contributed by atoms with Crippen molar-refractivity contribution >= 4 is 11.6 Å². The minimum absolute atomic E-state index is 0.0209. The minimum atomic E-state index is -1.15. The maximum absolute atomic E-state index is 11.5. The van der Waals surface area contributed by atoms with Gasteiger partial charge in [-0.15, -0.1) is 0 Å². The van der Waals surface area contributed by atoms with Crippen molar-refractivity contribution in [1.82, 2.24) is 15.3 Å². The molecule has 0 spiro atoms. The van der Waals surface area contributed by atoms with Gasteiger partial charge in [-0.2, -0.15) is 0 Å². The van der Waals surface area contributed by atoms with Gasteiger partial charge in [-0.05, 0) is 6.92 Å². The van der Waals surface area contributed by atoms with Gasteiger partial charge in [0.05, 0.1) is 6.20 Å². The summed E-state index contributed by atoms with van der Waals surface area (Å²) in [6.45, 7) is 1.35. The minimum Gasteiger partial charge on any atom is -0.385 e. The van der Waals surface area contributed by atoms with Gasteiger partial charge in [0, 0.05) is 0 Å². The second kappa shape index (κ2) is 4.34. The number of hydrogen-bond donors (Lipinski definition) is 5. The van der Waals surface area contributed by atoms with Crippen molar-refractivity contribution in [2.45, 2.75) is 25.5 Å². The number of Topliss-reactive ketones (excluding diaryl/α,β-unsaturated/α-hetero) is 1. The first kappa shape index (κ1) is 11.9. The van der Waals surface area contributed by atoms with Crippen molar-refractivity contribution in [2.24, 2.45) is 5.73 Å². The summed E-state index contributed by atoms with van der Waals surface area (Å²) in [5.74, 6) is -0.307. The molecule has 8 heteroatoms. The first-order valence-corrected chi connectivity index (χ1v) is 5.04. The molecule has 6 N–H and O–H groups in total. The Morgan fingerprint density at radius 2 is 2.35 bits per heavy atom. The molecule has 0 aliphatic carbocycles. The van der Waals surface area contributed by atoms with Gasteiger partial charge in [-0.25, -0.2) is 4.98 Å². The van der Waals surface area contributed by atoms with Crippen LogP contribution in [0.2, 0.25) is 0 Å². The molecule has 3 atom stereocenters. The number of aliphatic hydroxyl groups excluding tert-OH is 2. The van der Waals surface area contributed by atoms with E-state index in [1.54, 1.807) is 0 Å². The highest BCUT2D eigenvalue weighted by molar-refractivity contribution is 5.97. The Hall–Kier alpha value is -1.61. The molecule has 2 heterocycles. The van der Waals surface area contributed by atoms with Gasteiger partial charge in [0.25, 0.3) is 0 Å². The number of aliphatic hydroxyl groups is 2. The standard InChI is InChI=1S/C9H13N5O3/c1-3(15)6(16)4-2-11-5-7(12-4)13-9(10)14-8(5)17/h2-3,8-9,14-15,17H,10H2,1H3,(H,12,13). The topological polar surface area (TPSA) is 133 Å². The molecular weight excluding hydrogens is 226 g/mol. The van der Waals surface area contributed by atoms with Crippen LogP contribution in [-0.4, -0.2) is 38.4 Å². The average molecular weight is 239 g/mol. The summed E-state index contributed by atoms with van der Waals surface area (Å²) in [5.41, 5.74) is 5.82. The van der Waals surface area contributed by atoms with E-state index < -0.39 is 24.4 Å². The molecule has 0 fully saturated rings. The summed E-state index contributed by atoms with van der Waals surface area (Å²) in [4.78, 5) is 19.4. The van der Waals surface area contributed by atoms with Crippen LogP contribution in [0.4, 0.5) is 5.82 Å². The molecule has 1 aromatic heterocycles. The van der Waals surface area contributed by atoms with E-state index in [1.807, 2.05) is 0 Å². The van der Waals surface area contributed by atoms with Crippen molar-refractivity contribution in [3.63, 3.8) is 0 Å². The quantitative estimate of drug-likeness (QED) is 0.385. The monoisotopic (exact) mass is 239 g/mol. The molecular formula is C9H13N5O3. The molecule has 17 heavy (non-hydrogen) atoms. The second-order valence-electron chi connectivity index (χ2n) is 3.72. The average Bonchev–Trinajstić information content (AvgIpc) is 2.26. The van der Waals surface area contributed by atoms with E-state index in [4.69, 9.17) is 10.8 Å². The van der Waals surface area contributed by atoms with Crippen molar-refractivity contribution in [1.29, 1.82) is 0 Å². The maximum atomic E-state index is 11.5. The van der Waals surface area contributed by atoms with Gasteiger partial charge >= 0.3 is 0 Å². The second-order valence-corrected chi connectivity index (χ2v) is 3.72. The Kier molecular flexibility index (Phi) is 3.03. The zero-order chi connectivity index (χ0) is 12.6. The summed E-state index contributed by atoms with van der Waals surface area (Å²) >= 11 is 0. The first-order valence-electron chi connectivity index (χ1n) is 5.04. The van der Waals surface area contributed by atoms with Crippen LogP contribution in [0.15, 0.2) is 6.20 Å². The predicted molar refractivity (Wildman–Crippen MR) is 57.7 cm³/mol. The van der Waals surface area contributed by atoms with Crippen molar-refractivity contribution in [3.8, 4) is 0 Å². The van der Waals surface area contributed by atoms with Gasteiger partial charge in [-0.3, -0.25) is 20.8 Å². The first-order chi connectivity index (χ1) is 7.99. The SMILES string of the molecule is CC(O)C(=O)c1cnc2c(n1)NC(N)NC2O. The highest BCUT2D eigenvalue weighted by atomic mass is 16.3. The lowest BCUT2D eigenvalue weighted by molar-refractivity contribution is 0.0772. The largest absolute Gasteiger partial charge is 0.385 e. The van der Waals surface area contributed by atoms with Crippen LogP contribution >= 0.6 is 0 Å². The van der Waals surface area contributed by atoms with E-state index in [1.165, 1.54) is 13.1 Å². The molecule has 1 aliphatic heterocycles. The lowest BCUT2D eigenvalue weighted by Crippen LogP contribution is -2.50. The maximum Gasteiger partial charge on any atom is 0.210 e. The van der Waals surface area contributed by atoms with Gasteiger partial charge in [-0.1, -0.05) is 0 Å². The molecule has 8 nitrogen and oxygen atoms in total. The number of nitrogens with one attached hydrogen (secondary N) is 2. The fourth-order valence-electron chi connectivity index (χ4n) is 1.48. The van der Waals surface area contributed by atoms with Crippen LogP contribution in [0.25, 0.3) is 0 Å². The Morgan fingerprint density at radius 3 is 3.00 bits per heavy atom. The number of hydrogen-bond acceptors (Lipinski definition) is 8. The summed E-state index contributed by atoms with van der Waals surface area (Å²) in [7, 11) is 0. The zero-order valence-corrected chi connectivity index (χ0v) is 9.08. The third-order valence-electron chi connectivity index (χ3n) is 2.32. The molecule has 1 aromatic rings. The molecule has 0 saturated carbocycles. The fraction of sp³-hybridized carbons (Fsp3) is 0.444. The summed E-state index contributed by atoms with van der Waals surface area (Å²) in [6.07, 6.45) is -1.66. The zero-order valence-electron chi connectivity index (χ0n) is 9.08. The third kappa shape index (κ3) is 2.24. The van der Waals surface area contributed by atoms with Gasteiger partial charge < -0.3 is 15.5 Å². The molecule has 0 saturated heterocycles. The van der Waals surface area contributed by atoms with E-state index in [0.29, 0.717) is 0 Å². The van der Waals surface area contributed by atoms with Gasteiger partial charge in [0.1, 0.15) is 23.8 Å². The highest BCUT2D eigenvalue weighted by Crippen LogP contribution is 2.21. The van der Waals surface area contributed by atoms with Gasteiger partial charge in [0.15, 0.2) is 12.0 Å². The van der Waals surface area contributed by atoms with Crippen molar-refractivity contribution < 1.29 is 15.0 Å². The molecule has 1 aliphatic rings. The van der Waals surface area contributed by atoms with Crippen molar-refractivity contribution in [2.75, 3.05) is 5.32 Å². The molecule has 0 bridgehead atoms. The summed E-state index contributed by atoms with van der Waals surface area (Å²) < 4.78 is 0. The normalized spacial score (nSPS) is 24.7. The number of rotatable bonds is 2. The number of ketones is 1. The van der Waals surface area contributed by atoms with E-state index in [9.17, 15) is 9.90 Å². The molecule has 0 radical (unpaired) electrons.